The topological polar surface area (TPSA) is 80.2 Å². The van der Waals surface area contributed by atoms with Crippen LogP contribution in [0, 0.1) is 13.8 Å². The maximum atomic E-state index is 13.2. The molecule has 1 fully saturated rings. The van der Waals surface area contributed by atoms with Crippen molar-refractivity contribution in [1.82, 2.24) is 4.90 Å². The van der Waals surface area contributed by atoms with E-state index in [0.29, 0.717) is 40.4 Å². The van der Waals surface area contributed by atoms with E-state index in [2.05, 4.69) is 5.32 Å². The molecule has 0 aromatic heterocycles. The molecule has 8 heteroatoms. The molecule has 1 aliphatic rings. The van der Waals surface area contributed by atoms with Gasteiger partial charge in [0, 0.05) is 12.2 Å². The van der Waals surface area contributed by atoms with Gasteiger partial charge < -0.3 is 14.8 Å². The molecule has 0 bridgehead atoms. The predicted molar refractivity (Wildman–Crippen MR) is 154 cm³/mol. The Hall–Kier alpha value is -4.04. The van der Waals surface area contributed by atoms with Crippen LogP contribution in [-0.4, -0.2) is 41.6 Å². The van der Waals surface area contributed by atoms with Gasteiger partial charge in [0.25, 0.3) is 11.8 Å². The Balaban J connectivity index is 1.52. The van der Waals surface area contributed by atoms with Crippen LogP contribution < -0.4 is 14.8 Å². The first-order valence-corrected chi connectivity index (χ1v) is 13.3. The third-order valence-corrected chi connectivity index (χ3v) is 6.77. The number of hydrogen-bond acceptors (Lipinski definition) is 6. The number of amides is 2. The lowest BCUT2D eigenvalue weighted by atomic mass is 10.1. The van der Waals surface area contributed by atoms with Crippen molar-refractivity contribution in [3.8, 4) is 11.5 Å². The number of benzene rings is 3. The third kappa shape index (κ3) is 6.63. The predicted octanol–water partition coefficient (Wildman–Crippen LogP) is 6.34. The number of thioether (sulfide) groups is 1. The molecule has 0 radical (unpaired) electrons. The van der Waals surface area contributed by atoms with Crippen LogP contribution >= 0.6 is 11.8 Å². The highest BCUT2D eigenvalue weighted by atomic mass is 32.2. The molecule has 0 atom stereocenters. The van der Waals surface area contributed by atoms with Crippen LogP contribution in [0.1, 0.15) is 30.5 Å². The van der Waals surface area contributed by atoms with Crippen LogP contribution in [0.2, 0.25) is 0 Å². The molecular formula is C30H31N3O4S. The van der Waals surface area contributed by atoms with E-state index in [0.717, 1.165) is 22.4 Å². The smallest absolute Gasteiger partial charge is 0.266 e. The van der Waals surface area contributed by atoms with Gasteiger partial charge >= 0.3 is 0 Å². The summed E-state index contributed by atoms with van der Waals surface area (Å²) >= 11 is 1.36. The molecule has 7 nitrogen and oxygen atoms in total. The van der Waals surface area contributed by atoms with Crippen LogP contribution in [0.25, 0.3) is 6.08 Å². The Morgan fingerprint density at radius 1 is 1.00 bits per heavy atom. The van der Waals surface area contributed by atoms with Crippen LogP contribution in [0.15, 0.2) is 76.6 Å². The van der Waals surface area contributed by atoms with Gasteiger partial charge in [0.05, 0.1) is 17.2 Å². The van der Waals surface area contributed by atoms with Crippen molar-refractivity contribution in [2.45, 2.75) is 27.7 Å². The number of likely N-dealkylation sites (N-methyl/N-ethyl adjacent to an activating group) is 1. The number of amidine groups is 1. The minimum absolute atomic E-state index is 0.0857. The fourth-order valence-electron chi connectivity index (χ4n) is 3.83. The largest absolute Gasteiger partial charge is 0.490 e. The highest BCUT2D eigenvalue weighted by molar-refractivity contribution is 8.18. The summed E-state index contributed by atoms with van der Waals surface area (Å²) in [5.41, 5.74) is 4.52. The highest BCUT2D eigenvalue weighted by Gasteiger charge is 2.32. The van der Waals surface area contributed by atoms with E-state index in [1.807, 2.05) is 94.4 Å². The van der Waals surface area contributed by atoms with Gasteiger partial charge in [-0.05, 0) is 92.6 Å². The maximum absolute atomic E-state index is 13.2. The van der Waals surface area contributed by atoms with Crippen molar-refractivity contribution in [1.29, 1.82) is 0 Å². The Bertz CT molecular complexity index is 1390. The molecule has 3 aromatic rings. The second-order valence-electron chi connectivity index (χ2n) is 8.69. The van der Waals surface area contributed by atoms with E-state index in [-0.39, 0.29) is 18.4 Å². The second kappa shape index (κ2) is 12.5. The number of carbonyl (C=O) groups is 2. The summed E-state index contributed by atoms with van der Waals surface area (Å²) in [6, 6.07) is 20.7. The SMILES string of the molecule is CCOc1cc(/C=C2/SC(=Nc3cc(C)ccc3C)N(CC)C2=O)ccc1OCC(=O)Nc1ccccc1. The van der Waals surface area contributed by atoms with E-state index in [1.54, 1.807) is 11.0 Å². The molecule has 0 aliphatic carbocycles. The number of para-hydroxylation sites is 1. The molecule has 4 rings (SSSR count). The zero-order valence-corrected chi connectivity index (χ0v) is 22.8. The van der Waals surface area contributed by atoms with Gasteiger partial charge in [0.15, 0.2) is 23.3 Å². The first-order chi connectivity index (χ1) is 18.4. The number of carbonyl (C=O) groups excluding carboxylic acids is 2. The summed E-state index contributed by atoms with van der Waals surface area (Å²) < 4.78 is 11.5. The molecule has 38 heavy (non-hydrogen) atoms. The molecule has 1 heterocycles. The van der Waals surface area contributed by atoms with Crippen LogP contribution in [0.3, 0.4) is 0 Å². The molecule has 0 spiro atoms. The van der Waals surface area contributed by atoms with E-state index < -0.39 is 0 Å². The Kier molecular flexibility index (Phi) is 8.86. The van der Waals surface area contributed by atoms with E-state index in [9.17, 15) is 9.59 Å². The first kappa shape index (κ1) is 27.0. The molecule has 3 aromatic carbocycles. The third-order valence-electron chi connectivity index (χ3n) is 5.77. The molecule has 1 saturated heterocycles. The molecule has 2 amide bonds. The second-order valence-corrected chi connectivity index (χ2v) is 9.70. The van der Waals surface area contributed by atoms with Crippen molar-refractivity contribution in [3.05, 3.63) is 88.3 Å². The standard InChI is InChI=1S/C30H31N3O4S/c1-5-33-29(35)27(38-30(33)32-24-16-20(3)12-13-21(24)4)18-22-14-15-25(26(17-22)36-6-2)37-19-28(34)31-23-10-8-7-9-11-23/h7-18H,5-6,19H2,1-4H3,(H,31,34)/b27-18+,32-30?. The van der Waals surface area contributed by atoms with Gasteiger partial charge in [-0.15, -0.1) is 0 Å². The number of hydrogen-bond donors (Lipinski definition) is 1. The summed E-state index contributed by atoms with van der Waals surface area (Å²) in [4.78, 5) is 32.5. The Morgan fingerprint density at radius 3 is 2.53 bits per heavy atom. The van der Waals surface area contributed by atoms with Crippen LogP contribution in [0.4, 0.5) is 11.4 Å². The van der Waals surface area contributed by atoms with Gasteiger partial charge in [0.1, 0.15) is 0 Å². The summed E-state index contributed by atoms with van der Waals surface area (Å²) in [6.07, 6.45) is 1.83. The van der Waals surface area contributed by atoms with Gasteiger partial charge in [-0.1, -0.05) is 36.4 Å². The normalized spacial score (nSPS) is 15.3. The molecule has 0 saturated carbocycles. The molecule has 0 unspecified atom stereocenters. The lowest BCUT2D eigenvalue weighted by Crippen LogP contribution is -2.28. The summed E-state index contributed by atoms with van der Waals surface area (Å²) in [5.74, 6) is 0.599. The molecule has 1 aliphatic heterocycles. The monoisotopic (exact) mass is 529 g/mol. The minimum Gasteiger partial charge on any atom is -0.490 e. The number of anilines is 1. The van der Waals surface area contributed by atoms with Gasteiger partial charge in [0.2, 0.25) is 0 Å². The van der Waals surface area contributed by atoms with Crippen molar-refractivity contribution < 1.29 is 19.1 Å². The number of aliphatic imine (C=N–C) groups is 1. The van der Waals surface area contributed by atoms with E-state index >= 15 is 0 Å². The highest BCUT2D eigenvalue weighted by Crippen LogP contribution is 2.36. The zero-order valence-electron chi connectivity index (χ0n) is 22.0. The number of ether oxygens (including phenoxy) is 2. The van der Waals surface area contributed by atoms with Crippen molar-refractivity contribution in [2.24, 2.45) is 4.99 Å². The fourth-order valence-corrected chi connectivity index (χ4v) is 4.88. The van der Waals surface area contributed by atoms with Crippen molar-refractivity contribution in [2.75, 3.05) is 25.1 Å². The van der Waals surface area contributed by atoms with E-state index in [4.69, 9.17) is 14.5 Å². The van der Waals surface area contributed by atoms with Crippen molar-refractivity contribution >= 4 is 46.2 Å². The summed E-state index contributed by atoms with van der Waals surface area (Å²) in [5, 5.41) is 3.45. The molecule has 1 N–H and O–H groups in total. The molecular weight excluding hydrogens is 498 g/mol. The van der Waals surface area contributed by atoms with Gasteiger partial charge in [-0.25, -0.2) is 4.99 Å². The number of nitrogens with zero attached hydrogens (tertiary/aromatic N) is 2. The number of nitrogens with one attached hydrogen (secondary N) is 1. The molecule has 196 valence electrons. The average Bonchev–Trinajstić information content (AvgIpc) is 3.19. The lowest BCUT2D eigenvalue weighted by molar-refractivity contribution is -0.122. The Morgan fingerprint density at radius 2 is 1.79 bits per heavy atom. The maximum Gasteiger partial charge on any atom is 0.266 e. The van der Waals surface area contributed by atoms with E-state index in [1.165, 1.54) is 11.8 Å². The summed E-state index contributed by atoms with van der Waals surface area (Å²) in [6.45, 7) is 8.64. The van der Waals surface area contributed by atoms with Gasteiger partial charge in [-0.3, -0.25) is 14.5 Å². The quantitative estimate of drug-likeness (QED) is 0.327. The van der Waals surface area contributed by atoms with Crippen LogP contribution in [-0.2, 0) is 9.59 Å². The zero-order chi connectivity index (χ0) is 27.1. The average molecular weight is 530 g/mol. The number of rotatable bonds is 9. The first-order valence-electron chi connectivity index (χ1n) is 12.5. The minimum atomic E-state index is -0.270. The van der Waals surface area contributed by atoms with Crippen LogP contribution in [0.5, 0.6) is 11.5 Å². The van der Waals surface area contributed by atoms with Crippen molar-refractivity contribution in [3.63, 3.8) is 0 Å². The number of aryl methyl sites for hydroxylation is 2. The Labute approximate surface area is 227 Å². The fraction of sp³-hybridized carbons (Fsp3) is 0.233. The summed E-state index contributed by atoms with van der Waals surface area (Å²) in [7, 11) is 0. The van der Waals surface area contributed by atoms with Gasteiger partial charge in [-0.2, -0.15) is 0 Å². The lowest BCUT2D eigenvalue weighted by Gasteiger charge is -2.13.